The minimum absolute atomic E-state index is 0.00394. The van der Waals surface area contributed by atoms with E-state index in [1.165, 1.54) is 5.38 Å². The number of hydrogen-bond acceptors (Lipinski definition) is 14. The van der Waals surface area contributed by atoms with Crippen molar-refractivity contribution in [3.8, 4) is 5.88 Å². The lowest BCUT2D eigenvalue weighted by molar-refractivity contribution is -0.178. The van der Waals surface area contributed by atoms with E-state index in [-0.39, 0.29) is 32.7 Å². The molecule has 1 aliphatic carbocycles. The number of nitrogens with two attached hydrogens (primary N) is 1. The van der Waals surface area contributed by atoms with E-state index in [1.807, 2.05) is 0 Å². The highest BCUT2D eigenvalue weighted by atomic mass is 32.2. The van der Waals surface area contributed by atoms with Gasteiger partial charge in [0.1, 0.15) is 11.7 Å². The average molecular weight is 616 g/mol. The van der Waals surface area contributed by atoms with E-state index in [0.717, 1.165) is 11.3 Å². The van der Waals surface area contributed by atoms with Gasteiger partial charge in [0.15, 0.2) is 22.0 Å². The van der Waals surface area contributed by atoms with Crippen LogP contribution in [0.4, 0.5) is 5.13 Å². The third-order valence-corrected chi connectivity index (χ3v) is 7.87. The normalized spacial score (nSPS) is 20.0. The molecule has 2 aromatic rings. The molecule has 1 saturated heterocycles. The van der Waals surface area contributed by atoms with Crippen LogP contribution in [0.2, 0.25) is 0 Å². The van der Waals surface area contributed by atoms with Gasteiger partial charge < -0.3 is 36.6 Å². The summed E-state index contributed by atoms with van der Waals surface area (Å²) in [6.45, 7) is -0.756. The van der Waals surface area contributed by atoms with Crippen LogP contribution in [0.1, 0.15) is 35.4 Å². The minimum Gasteiger partial charge on any atom is -0.492 e. The van der Waals surface area contributed by atoms with Gasteiger partial charge in [0.2, 0.25) is 11.5 Å². The number of anilines is 1. The highest BCUT2D eigenvalue weighted by molar-refractivity contribution is 7.84. The Balaban J connectivity index is 1.57. The smallest absolute Gasteiger partial charge is 0.362 e. The van der Waals surface area contributed by atoms with E-state index in [1.54, 1.807) is 0 Å². The van der Waals surface area contributed by atoms with Crippen molar-refractivity contribution in [2.24, 2.45) is 5.16 Å². The summed E-state index contributed by atoms with van der Waals surface area (Å²) in [5, 5.41) is 38.1. The zero-order valence-corrected chi connectivity index (χ0v) is 22.1. The van der Waals surface area contributed by atoms with Gasteiger partial charge in [-0.2, -0.15) is 8.42 Å². The molecule has 0 spiro atoms. The summed E-state index contributed by atoms with van der Waals surface area (Å²) < 4.78 is 33.0. The second-order valence-corrected chi connectivity index (χ2v) is 11.0. The summed E-state index contributed by atoms with van der Waals surface area (Å²) in [5.74, 6) is -5.98. The first-order chi connectivity index (χ1) is 19.1. The number of carboxylic acids is 1. The van der Waals surface area contributed by atoms with Gasteiger partial charge in [0.25, 0.3) is 17.7 Å². The first-order valence-electron chi connectivity index (χ1n) is 11.4. The number of nitrogens with zero attached hydrogens (tertiary/aromatic N) is 4. The number of amides is 3. The topological polar surface area (TPSA) is 293 Å². The molecule has 3 heterocycles. The Kier molecular flexibility index (Phi) is 7.60. The van der Waals surface area contributed by atoms with Gasteiger partial charge in [0.05, 0.1) is 6.04 Å². The number of nitrogen functional groups attached to an aromatic ring is 1. The van der Waals surface area contributed by atoms with Crippen LogP contribution in [-0.4, -0.2) is 96.0 Å². The lowest BCUT2D eigenvalue weighted by atomic mass is 9.80. The van der Waals surface area contributed by atoms with Crippen molar-refractivity contribution in [3.63, 3.8) is 0 Å². The summed E-state index contributed by atoms with van der Waals surface area (Å²) in [6, 6.07) is -2.06. The number of thiazole rings is 1. The molecule has 2 aromatic heterocycles. The number of oxime groups is 1. The van der Waals surface area contributed by atoms with Gasteiger partial charge in [-0.1, -0.05) is 5.16 Å². The van der Waals surface area contributed by atoms with Crippen molar-refractivity contribution in [2.45, 2.75) is 36.9 Å². The number of β-lactam (4-membered cyclic amide) rings is 1. The molecule has 1 saturated carbocycles. The maximum absolute atomic E-state index is 13.2. The van der Waals surface area contributed by atoms with E-state index in [2.05, 4.69) is 20.8 Å². The van der Waals surface area contributed by atoms with Crippen LogP contribution < -0.4 is 21.8 Å². The Morgan fingerprint density at radius 1 is 1.27 bits per heavy atom. The number of carbonyl (C=O) groups excluding carboxylic acids is 3. The highest BCUT2D eigenvalue weighted by Gasteiger charge is 2.54. The molecule has 4 rings (SSSR count). The van der Waals surface area contributed by atoms with Gasteiger partial charge in [-0.25, -0.2) is 14.1 Å². The summed E-state index contributed by atoms with van der Waals surface area (Å²) in [7, 11) is -5.18. The number of pyridine rings is 1. The minimum atomic E-state index is -5.18. The SMILES string of the molecule is Nc1nc(/C(=N/OC2(C(=O)O)CCC2)C(=O)N[C@@H]2C(=O)N(S(=O)(=O)O)[C@@H]2CNC(=O)c2cc(=O)cc(O)n2O)cs1. The largest absolute Gasteiger partial charge is 0.492 e. The van der Waals surface area contributed by atoms with Gasteiger partial charge in [-0.05, 0) is 6.42 Å². The predicted octanol–water partition coefficient (Wildman–Crippen LogP) is -2.51. The van der Waals surface area contributed by atoms with Crippen molar-refractivity contribution in [3.05, 3.63) is 39.1 Å². The second kappa shape index (κ2) is 10.7. The lowest BCUT2D eigenvalue weighted by Gasteiger charge is -2.44. The van der Waals surface area contributed by atoms with E-state index in [0.29, 0.717) is 18.6 Å². The summed E-state index contributed by atoms with van der Waals surface area (Å²) >= 11 is 0.902. The fourth-order valence-corrected chi connectivity index (χ4v) is 5.37. The molecule has 0 radical (unpaired) electrons. The molecule has 2 fully saturated rings. The quantitative estimate of drug-likeness (QED) is 0.0477. The van der Waals surface area contributed by atoms with Crippen LogP contribution in [-0.2, 0) is 29.5 Å². The Morgan fingerprint density at radius 3 is 2.49 bits per heavy atom. The third kappa shape index (κ3) is 5.62. The molecule has 220 valence electrons. The molecule has 0 bridgehead atoms. The van der Waals surface area contributed by atoms with Gasteiger partial charge >= 0.3 is 16.3 Å². The van der Waals surface area contributed by atoms with Crippen LogP contribution in [0, 0.1) is 0 Å². The van der Waals surface area contributed by atoms with E-state index >= 15 is 0 Å². The van der Waals surface area contributed by atoms with E-state index < -0.39 is 80.9 Å². The molecule has 19 nitrogen and oxygen atoms in total. The monoisotopic (exact) mass is 615 g/mol. The van der Waals surface area contributed by atoms with Crippen LogP contribution in [0.3, 0.4) is 0 Å². The Bertz CT molecular complexity index is 1630. The molecule has 8 N–H and O–H groups in total. The maximum atomic E-state index is 13.2. The molecular weight excluding hydrogens is 594 g/mol. The molecular formula is C20H21N7O12S2. The standard InChI is InChI=1S/C20H21N7O12S2/c21-19-23-9(7-40-19)13(25-39-20(18(33)34)2-1-3-20)16(31)24-14-11(27(17(14)32)41(36,37)38)6-22-15(30)10-4-8(28)5-12(29)26(10)35/h4-5,7,11,14,29,35H,1-3,6H2,(H2,21,23)(H,22,30)(H,24,31)(H,33,34)(H,36,37,38)/b25-13-/t11-,14+/m1/s1. The van der Waals surface area contributed by atoms with Crippen LogP contribution in [0.15, 0.2) is 27.5 Å². The number of carboxylic acid groups (broad SMARTS) is 1. The first-order valence-corrected chi connectivity index (χ1v) is 13.7. The van der Waals surface area contributed by atoms with Crippen molar-refractivity contribution >= 4 is 56.2 Å². The lowest BCUT2D eigenvalue weighted by Crippen LogP contribution is -2.74. The fraction of sp³-hybridized carbons (Fsp3) is 0.350. The van der Waals surface area contributed by atoms with Gasteiger partial charge in [0, 0.05) is 36.9 Å². The van der Waals surface area contributed by atoms with Crippen molar-refractivity contribution in [1.82, 2.24) is 24.7 Å². The predicted molar refractivity (Wildman–Crippen MR) is 134 cm³/mol. The van der Waals surface area contributed by atoms with E-state index in [9.17, 15) is 52.4 Å². The molecule has 2 aliphatic rings. The number of carbonyl (C=O) groups is 4. The van der Waals surface area contributed by atoms with Gasteiger partial charge in [-0.3, -0.25) is 23.7 Å². The fourth-order valence-electron chi connectivity index (χ4n) is 3.95. The zero-order chi connectivity index (χ0) is 30.3. The number of aromatic nitrogens is 2. The Morgan fingerprint density at radius 2 is 1.95 bits per heavy atom. The second-order valence-electron chi connectivity index (χ2n) is 8.84. The summed E-state index contributed by atoms with van der Waals surface area (Å²) in [5.41, 5.74) is 1.56. The van der Waals surface area contributed by atoms with Crippen LogP contribution >= 0.6 is 11.3 Å². The Labute approximate surface area is 232 Å². The molecule has 2 atom stereocenters. The number of aromatic hydroxyl groups is 1. The number of rotatable bonds is 10. The molecule has 0 unspecified atom stereocenters. The summed E-state index contributed by atoms with van der Waals surface area (Å²) in [6.07, 6.45) is 0.734. The van der Waals surface area contributed by atoms with Crippen molar-refractivity contribution in [2.75, 3.05) is 12.3 Å². The highest BCUT2D eigenvalue weighted by Crippen LogP contribution is 2.36. The molecule has 1 aliphatic heterocycles. The molecule has 0 aromatic carbocycles. The number of aliphatic carboxylic acids is 1. The first kappa shape index (κ1) is 29.2. The van der Waals surface area contributed by atoms with Crippen molar-refractivity contribution in [1.29, 1.82) is 0 Å². The number of hydrogen-bond donors (Lipinski definition) is 7. The molecule has 21 heteroatoms. The maximum Gasteiger partial charge on any atom is 0.362 e. The van der Waals surface area contributed by atoms with Crippen LogP contribution in [0.5, 0.6) is 5.88 Å². The average Bonchev–Trinajstić information content (AvgIpc) is 3.27. The van der Waals surface area contributed by atoms with Crippen LogP contribution in [0.25, 0.3) is 0 Å². The van der Waals surface area contributed by atoms with E-state index in [4.69, 9.17) is 10.6 Å². The summed E-state index contributed by atoms with van der Waals surface area (Å²) in [4.78, 5) is 70.5. The molecule has 3 amide bonds. The van der Waals surface area contributed by atoms with Gasteiger partial charge in [-0.15, -0.1) is 16.1 Å². The zero-order valence-electron chi connectivity index (χ0n) is 20.5. The third-order valence-electron chi connectivity index (χ3n) is 6.25. The van der Waals surface area contributed by atoms with Crippen molar-refractivity contribution < 1.29 is 52.4 Å². The molecule has 41 heavy (non-hydrogen) atoms. The number of nitrogens with one attached hydrogen (secondary N) is 2. The Hall–Kier alpha value is -4.76.